The smallest absolute Gasteiger partial charge is 0.137 e. The van der Waals surface area contributed by atoms with Crippen LogP contribution in [0.3, 0.4) is 0 Å². The molecule has 0 spiro atoms. The molecule has 1 atom stereocenters. The maximum Gasteiger partial charge on any atom is 0.137 e. The van der Waals surface area contributed by atoms with Gasteiger partial charge in [-0.3, -0.25) is 4.79 Å². The Morgan fingerprint density at radius 1 is 1.33 bits per heavy atom. The van der Waals surface area contributed by atoms with Crippen molar-refractivity contribution in [2.45, 2.75) is 32.1 Å². The second-order valence-corrected chi connectivity index (χ2v) is 4.16. The molecule has 0 aromatic heterocycles. The third-order valence-corrected chi connectivity index (χ3v) is 2.94. The lowest BCUT2D eigenvalue weighted by atomic mass is 9.92. The summed E-state index contributed by atoms with van der Waals surface area (Å²) in [6.45, 7) is 2.04. The number of ketones is 1. The summed E-state index contributed by atoms with van der Waals surface area (Å²) in [5, 5.41) is 3.29. The minimum absolute atomic E-state index is 0.347. The van der Waals surface area contributed by atoms with Gasteiger partial charge in [0.15, 0.2) is 0 Å². The van der Waals surface area contributed by atoms with E-state index >= 15 is 0 Å². The van der Waals surface area contributed by atoms with Gasteiger partial charge in [-0.1, -0.05) is 0 Å². The highest BCUT2D eigenvalue weighted by atomic mass is 16.1. The monoisotopic (exact) mass is 167 g/mol. The first-order chi connectivity index (χ1) is 5.86. The number of Topliss-reactive ketones (excluding diaryl/α,β-unsaturated/α-hetero) is 1. The molecule has 12 heavy (non-hydrogen) atoms. The van der Waals surface area contributed by atoms with Gasteiger partial charge < -0.3 is 5.32 Å². The highest BCUT2D eigenvalue weighted by molar-refractivity contribution is 5.81. The zero-order valence-electron chi connectivity index (χ0n) is 7.51. The zero-order chi connectivity index (χ0) is 8.39. The SMILES string of the molecule is O=C(CC1CC1)[C@H]1CCCNC1. The van der Waals surface area contributed by atoms with Crippen LogP contribution in [-0.4, -0.2) is 18.9 Å². The molecule has 2 aliphatic rings. The average Bonchev–Trinajstić information content (AvgIpc) is 2.90. The van der Waals surface area contributed by atoms with Gasteiger partial charge in [0.2, 0.25) is 0 Å². The van der Waals surface area contributed by atoms with E-state index in [1.54, 1.807) is 0 Å². The van der Waals surface area contributed by atoms with Gasteiger partial charge in [-0.15, -0.1) is 0 Å². The normalized spacial score (nSPS) is 30.2. The second kappa shape index (κ2) is 3.56. The average molecular weight is 167 g/mol. The zero-order valence-corrected chi connectivity index (χ0v) is 7.51. The molecule has 0 radical (unpaired) electrons. The van der Waals surface area contributed by atoms with E-state index in [1.807, 2.05) is 0 Å². The highest BCUT2D eigenvalue weighted by Crippen LogP contribution is 2.34. The van der Waals surface area contributed by atoms with Crippen LogP contribution in [-0.2, 0) is 4.79 Å². The van der Waals surface area contributed by atoms with E-state index < -0.39 is 0 Å². The van der Waals surface area contributed by atoms with Crippen LogP contribution in [0, 0.1) is 11.8 Å². The molecule has 0 unspecified atom stereocenters. The number of carbonyl (C=O) groups excluding carboxylic acids is 1. The van der Waals surface area contributed by atoms with Crippen molar-refractivity contribution in [2.24, 2.45) is 11.8 Å². The minimum atomic E-state index is 0.347. The summed E-state index contributed by atoms with van der Waals surface area (Å²) in [5.74, 6) is 1.63. The summed E-state index contributed by atoms with van der Waals surface area (Å²) in [5.41, 5.74) is 0. The second-order valence-electron chi connectivity index (χ2n) is 4.16. The molecule has 2 fully saturated rings. The molecule has 0 amide bonds. The summed E-state index contributed by atoms with van der Waals surface area (Å²) in [4.78, 5) is 11.6. The Kier molecular flexibility index (Phi) is 2.45. The number of hydrogen-bond acceptors (Lipinski definition) is 2. The molecular formula is C10H17NO. The van der Waals surface area contributed by atoms with E-state index in [2.05, 4.69) is 5.32 Å². The molecule has 1 aliphatic carbocycles. The minimum Gasteiger partial charge on any atom is -0.316 e. The number of carbonyl (C=O) groups is 1. The van der Waals surface area contributed by atoms with E-state index in [-0.39, 0.29) is 0 Å². The molecule has 1 aliphatic heterocycles. The van der Waals surface area contributed by atoms with Gasteiger partial charge in [-0.05, 0) is 38.1 Å². The highest BCUT2D eigenvalue weighted by Gasteiger charge is 2.28. The molecule has 2 heteroatoms. The Bertz CT molecular complexity index is 169. The van der Waals surface area contributed by atoms with E-state index in [9.17, 15) is 4.79 Å². The van der Waals surface area contributed by atoms with E-state index in [4.69, 9.17) is 0 Å². The number of nitrogens with one attached hydrogen (secondary N) is 1. The van der Waals surface area contributed by atoms with Gasteiger partial charge in [0, 0.05) is 18.9 Å². The van der Waals surface area contributed by atoms with Crippen LogP contribution in [0.15, 0.2) is 0 Å². The molecule has 0 aromatic carbocycles. The maximum atomic E-state index is 11.6. The fourth-order valence-electron chi connectivity index (χ4n) is 1.90. The molecule has 0 aromatic rings. The number of hydrogen-bond donors (Lipinski definition) is 1. The number of piperidine rings is 1. The van der Waals surface area contributed by atoms with Crippen LogP contribution < -0.4 is 5.32 Å². The van der Waals surface area contributed by atoms with Crippen molar-refractivity contribution < 1.29 is 4.79 Å². The summed E-state index contributed by atoms with van der Waals surface area (Å²) in [6, 6.07) is 0. The standard InChI is InChI=1S/C10H17NO/c12-10(6-8-3-4-8)9-2-1-5-11-7-9/h8-9,11H,1-7H2/t9-/m0/s1. The Morgan fingerprint density at radius 2 is 2.17 bits per heavy atom. The van der Waals surface area contributed by atoms with Crippen LogP contribution in [0.25, 0.3) is 0 Å². The Labute approximate surface area is 73.7 Å². The van der Waals surface area contributed by atoms with Crippen molar-refractivity contribution in [3.8, 4) is 0 Å². The molecule has 1 heterocycles. The molecule has 1 N–H and O–H groups in total. The Hall–Kier alpha value is -0.370. The first kappa shape index (κ1) is 8.24. The molecule has 1 saturated carbocycles. The maximum absolute atomic E-state index is 11.6. The topological polar surface area (TPSA) is 29.1 Å². The number of rotatable bonds is 3. The molecular weight excluding hydrogens is 150 g/mol. The molecule has 0 bridgehead atoms. The fourth-order valence-corrected chi connectivity index (χ4v) is 1.90. The van der Waals surface area contributed by atoms with Crippen molar-refractivity contribution in [3.05, 3.63) is 0 Å². The first-order valence-electron chi connectivity index (χ1n) is 5.09. The summed E-state index contributed by atoms with van der Waals surface area (Å²) in [6.07, 6.45) is 5.77. The van der Waals surface area contributed by atoms with Crippen LogP contribution in [0.2, 0.25) is 0 Å². The lowest BCUT2D eigenvalue weighted by Crippen LogP contribution is -2.34. The molecule has 68 valence electrons. The van der Waals surface area contributed by atoms with E-state index in [0.717, 1.165) is 31.8 Å². The first-order valence-corrected chi connectivity index (χ1v) is 5.09. The van der Waals surface area contributed by atoms with Crippen molar-refractivity contribution in [2.75, 3.05) is 13.1 Å². The van der Waals surface area contributed by atoms with E-state index in [1.165, 1.54) is 19.3 Å². The van der Waals surface area contributed by atoms with Gasteiger partial charge in [0.25, 0.3) is 0 Å². The third kappa shape index (κ3) is 2.07. The molecule has 2 rings (SSSR count). The lowest BCUT2D eigenvalue weighted by Gasteiger charge is -2.21. The summed E-state index contributed by atoms with van der Waals surface area (Å²) < 4.78 is 0. The molecule has 2 nitrogen and oxygen atoms in total. The van der Waals surface area contributed by atoms with Gasteiger partial charge in [-0.25, -0.2) is 0 Å². The van der Waals surface area contributed by atoms with Crippen molar-refractivity contribution in [3.63, 3.8) is 0 Å². The molecule has 1 saturated heterocycles. The largest absolute Gasteiger partial charge is 0.316 e. The lowest BCUT2D eigenvalue weighted by molar-refractivity contribution is -0.123. The van der Waals surface area contributed by atoms with Crippen LogP contribution in [0.4, 0.5) is 0 Å². The van der Waals surface area contributed by atoms with Crippen molar-refractivity contribution >= 4 is 5.78 Å². The van der Waals surface area contributed by atoms with Gasteiger partial charge in [-0.2, -0.15) is 0 Å². The Morgan fingerprint density at radius 3 is 2.75 bits per heavy atom. The van der Waals surface area contributed by atoms with Crippen LogP contribution >= 0.6 is 0 Å². The quantitative estimate of drug-likeness (QED) is 0.687. The van der Waals surface area contributed by atoms with E-state index in [0.29, 0.717) is 11.7 Å². The fraction of sp³-hybridized carbons (Fsp3) is 0.900. The summed E-state index contributed by atoms with van der Waals surface area (Å²) in [7, 11) is 0. The predicted molar refractivity (Wildman–Crippen MR) is 47.9 cm³/mol. The summed E-state index contributed by atoms with van der Waals surface area (Å²) >= 11 is 0. The van der Waals surface area contributed by atoms with Crippen LogP contribution in [0.1, 0.15) is 32.1 Å². The van der Waals surface area contributed by atoms with Crippen molar-refractivity contribution in [1.82, 2.24) is 5.32 Å². The third-order valence-electron chi connectivity index (χ3n) is 2.94. The van der Waals surface area contributed by atoms with Gasteiger partial charge in [0.05, 0.1) is 0 Å². The van der Waals surface area contributed by atoms with Crippen LogP contribution in [0.5, 0.6) is 0 Å². The van der Waals surface area contributed by atoms with Gasteiger partial charge in [0.1, 0.15) is 5.78 Å². The van der Waals surface area contributed by atoms with Gasteiger partial charge >= 0.3 is 0 Å². The van der Waals surface area contributed by atoms with Crippen molar-refractivity contribution in [1.29, 1.82) is 0 Å². The predicted octanol–water partition coefficient (Wildman–Crippen LogP) is 1.36. The Balaban J connectivity index is 1.76.